The number of rotatable bonds is 6. The van der Waals surface area contributed by atoms with Gasteiger partial charge < -0.3 is 9.47 Å². The molecule has 0 saturated carbocycles. The predicted octanol–water partition coefficient (Wildman–Crippen LogP) is 16.1. The number of nitrogens with zero attached hydrogens (tertiary/aromatic N) is 2. The van der Waals surface area contributed by atoms with E-state index in [0.717, 1.165) is 50.3 Å². The van der Waals surface area contributed by atoms with Gasteiger partial charge in [-0.25, -0.2) is 4.39 Å². The summed E-state index contributed by atoms with van der Waals surface area (Å²) in [6.45, 7) is 0. The maximum Gasteiger partial charge on any atom is 0.123 e. The molecule has 64 heavy (non-hydrogen) atoms. The molecule has 0 aliphatic heterocycles. The van der Waals surface area contributed by atoms with Crippen LogP contribution in [0.15, 0.2) is 224 Å². The lowest BCUT2D eigenvalue weighted by Gasteiger charge is -2.28. The minimum absolute atomic E-state index is 0.239. The highest BCUT2D eigenvalue weighted by Crippen LogP contribution is 2.70. The first-order valence-electron chi connectivity index (χ1n) is 22.0. The van der Waals surface area contributed by atoms with Gasteiger partial charge in [0.15, 0.2) is 0 Å². The quantitative estimate of drug-likeness (QED) is 0.162. The Labute approximate surface area is 370 Å². The fourth-order valence-electron chi connectivity index (χ4n) is 11.6. The lowest BCUT2D eigenvalue weighted by molar-refractivity contribution is 0.627. The standard InChI is InChI=1S/C61H37FN2/c62-42-26-32-46(33-27-42)64-57-19-7-5-13-49(57)54-36-40(25-35-58(54)64)38-20-28-44(29-21-38)63(43-10-2-1-3-11-43)45-30-22-39(23-31-45)41-24-34-48-51-15-9-17-53-52-16-8-14-50-47-12-4-6-18-55(47)61(59(50)52,60(51)53)56(48)37-41/h1-37H. The summed E-state index contributed by atoms with van der Waals surface area (Å²) in [4.78, 5) is 2.33. The molecule has 0 amide bonds. The average molecular weight is 817 g/mol. The van der Waals surface area contributed by atoms with Crippen LogP contribution in [0, 0.1) is 5.82 Å². The monoisotopic (exact) mass is 816 g/mol. The van der Waals surface area contributed by atoms with Crippen LogP contribution in [0.1, 0.15) is 22.3 Å². The van der Waals surface area contributed by atoms with Gasteiger partial charge in [0.25, 0.3) is 0 Å². The number of para-hydroxylation sites is 2. The molecule has 1 atom stereocenters. The molecule has 11 aromatic rings. The summed E-state index contributed by atoms with van der Waals surface area (Å²) in [6.07, 6.45) is 0. The van der Waals surface area contributed by atoms with Crippen LogP contribution in [0.25, 0.3) is 83.1 Å². The highest BCUT2D eigenvalue weighted by Gasteiger charge is 2.57. The number of fused-ring (bicyclic) bond motifs is 8. The summed E-state index contributed by atoms with van der Waals surface area (Å²) >= 11 is 0. The Morgan fingerprint density at radius 2 is 0.844 bits per heavy atom. The number of hydrogen-bond acceptors (Lipinski definition) is 1. The molecule has 1 heterocycles. The first-order chi connectivity index (χ1) is 31.6. The summed E-state index contributed by atoms with van der Waals surface area (Å²) in [5.41, 5.74) is 24.6. The van der Waals surface area contributed by atoms with Gasteiger partial charge in [0.1, 0.15) is 5.82 Å². The fourth-order valence-corrected chi connectivity index (χ4v) is 11.6. The second-order valence-electron chi connectivity index (χ2n) is 17.3. The van der Waals surface area contributed by atoms with E-state index < -0.39 is 0 Å². The van der Waals surface area contributed by atoms with Crippen molar-refractivity contribution in [3.05, 3.63) is 253 Å². The first-order valence-corrected chi connectivity index (χ1v) is 22.0. The zero-order valence-corrected chi connectivity index (χ0v) is 34.6. The predicted molar refractivity (Wildman–Crippen MR) is 262 cm³/mol. The van der Waals surface area contributed by atoms with Crippen LogP contribution in [0.5, 0.6) is 0 Å². The maximum atomic E-state index is 13.9. The molecule has 1 aromatic heterocycles. The van der Waals surface area contributed by atoms with Crippen molar-refractivity contribution in [1.29, 1.82) is 0 Å². The minimum atomic E-state index is -0.301. The molecular formula is C61H37FN2. The zero-order valence-electron chi connectivity index (χ0n) is 34.6. The zero-order chi connectivity index (χ0) is 42.1. The van der Waals surface area contributed by atoms with Gasteiger partial charge in [-0.2, -0.15) is 0 Å². The third-order valence-corrected chi connectivity index (χ3v) is 14.2. The maximum absolute atomic E-state index is 13.9. The van der Waals surface area contributed by atoms with Gasteiger partial charge in [-0.1, -0.05) is 140 Å². The number of halogens is 1. The van der Waals surface area contributed by atoms with Gasteiger partial charge in [-0.05, 0) is 163 Å². The number of aromatic nitrogens is 1. The van der Waals surface area contributed by atoms with E-state index in [2.05, 4.69) is 210 Å². The van der Waals surface area contributed by atoms with Crippen molar-refractivity contribution in [2.45, 2.75) is 5.41 Å². The molecule has 10 aromatic carbocycles. The van der Waals surface area contributed by atoms with E-state index in [1.54, 1.807) is 0 Å². The normalized spacial score (nSPS) is 14.7. The van der Waals surface area contributed by atoms with Crippen LogP contribution >= 0.6 is 0 Å². The summed E-state index contributed by atoms with van der Waals surface area (Å²) in [5, 5.41) is 2.33. The van der Waals surface area contributed by atoms with Crippen molar-refractivity contribution in [3.8, 4) is 61.3 Å². The number of hydrogen-bond donors (Lipinski definition) is 0. The molecule has 3 heteroatoms. The molecular weight excluding hydrogens is 780 g/mol. The van der Waals surface area contributed by atoms with E-state index in [-0.39, 0.29) is 11.2 Å². The molecule has 1 spiro atoms. The van der Waals surface area contributed by atoms with E-state index in [1.165, 1.54) is 84.3 Å². The van der Waals surface area contributed by atoms with Gasteiger partial charge in [-0.3, -0.25) is 0 Å². The Morgan fingerprint density at radius 1 is 0.344 bits per heavy atom. The van der Waals surface area contributed by atoms with Gasteiger partial charge >= 0.3 is 0 Å². The Morgan fingerprint density at radius 3 is 1.53 bits per heavy atom. The van der Waals surface area contributed by atoms with E-state index in [9.17, 15) is 4.39 Å². The Hall–Kier alpha value is -8.27. The number of benzene rings is 10. The molecule has 0 N–H and O–H groups in total. The first kappa shape index (κ1) is 35.3. The molecule has 0 saturated heterocycles. The minimum Gasteiger partial charge on any atom is -0.311 e. The van der Waals surface area contributed by atoms with Crippen LogP contribution in [0.2, 0.25) is 0 Å². The second kappa shape index (κ2) is 13.1. The van der Waals surface area contributed by atoms with Crippen LogP contribution < -0.4 is 4.90 Å². The number of anilines is 3. The Balaban J connectivity index is 0.832. The van der Waals surface area contributed by atoms with Gasteiger partial charge in [-0.15, -0.1) is 0 Å². The van der Waals surface area contributed by atoms with Crippen LogP contribution in [0.3, 0.4) is 0 Å². The lowest BCUT2D eigenvalue weighted by atomic mass is 9.73. The van der Waals surface area contributed by atoms with Crippen molar-refractivity contribution < 1.29 is 4.39 Å². The highest BCUT2D eigenvalue weighted by molar-refractivity contribution is 6.11. The van der Waals surface area contributed by atoms with Gasteiger partial charge in [0.2, 0.25) is 0 Å². The molecule has 2 nitrogen and oxygen atoms in total. The van der Waals surface area contributed by atoms with E-state index in [1.807, 2.05) is 12.1 Å². The molecule has 298 valence electrons. The van der Waals surface area contributed by atoms with E-state index in [0.29, 0.717) is 0 Å². The van der Waals surface area contributed by atoms with Crippen molar-refractivity contribution in [3.63, 3.8) is 0 Å². The summed E-state index contributed by atoms with van der Waals surface area (Å²) in [5.74, 6) is -0.239. The van der Waals surface area contributed by atoms with Crippen molar-refractivity contribution >= 4 is 38.9 Å². The highest BCUT2D eigenvalue weighted by atomic mass is 19.1. The summed E-state index contributed by atoms with van der Waals surface area (Å²) < 4.78 is 16.1. The van der Waals surface area contributed by atoms with E-state index >= 15 is 0 Å². The molecule has 1 unspecified atom stereocenters. The molecule has 0 radical (unpaired) electrons. The van der Waals surface area contributed by atoms with Crippen molar-refractivity contribution in [2.75, 3.05) is 4.90 Å². The van der Waals surface area contributed by atoms with Crippen LogP contribution in [-0.4, -0.2) is 4.57 Å². The molecule has 3 aliphatic carbocycles. The smallest absolute Gasteiger partial charge is 0.123 e. The van der Waals surface area contributed by atoms with Crippen molar-refractivity contribution in [2.24, 2.45) is 0 Å². The Bertz CT molecular complexity index is 3680. The largest absolute Gasteiger partial charge is 0.311 e. The molecule has 3 aliphatic rings. The van der Waals surface area contributed by atoms with Crippen LogP contribution in [-0.2, 0) is 5.41 Å². The Kier molecular flexibility index (Phi) is 7.25. The summed E-state index contributed by atoms with van der Waals surface area (Å²) in [7, 11) is 0. The SMILES string of the molecule is Fc1ccc(-n2c3ccccc3c3cc(-c4ccc(N(c5ccccc5)c5ccc(-c6ccc7c(c6)C68c9ccccc9-c9cccc(c96)-c6cccc-7c68)cc5)cc4)ccc32)cc1. The summed E-state index contributed by atoms with van der Waals surface area (Å²) in [6, 6.07) is 80.4. The van der Waals surface area contributed by atoms with Crippen molar-refractivity contribution in [1.82, 2.24) is 4.57 Å². The topological polar surface area (TPSA) is 8.17 Å². The molecule has 14 rings (SSSR count). The molecule has 0 fully saturated rings. The molecule has 0 bridgehead atoms. The van der Waals surface area contributed by atoms with Gasteiger partial charge in [0.05, 0.1) is 16.4 Å². The van der Waals surface area contributed by atoms with Crippen LogP contribution in [0.4, 0.5) is 21.5 Å². The lowest BCUT2D eigenvalue weighted by Crippen LogP contribution is -2.23. The average Bonchev–Trinajstić information content (AvgIpc) is 4.05. The third kappa shape index (κ3) is 4.73. The second-order valence-corrected chi connectivity index (χ2v) is 17.3. The third-order valence-electron chi connectivity index (χ3n) is 14.2. The fraction of sp³-hybridized carbons (Fsp3) is 0.0164. The van der Waals surface area contributed by atoms with E-state index in [4.69, 9.17) is 0 Å². The van der Waals surface area contributed by atoms with Gasteiger partial charge in [0, 0.05) is 33.5 Å².